The lowest BCUT2D eigenvalue weighted by molar-refractivity contribution is -0.387. The van der Waals surface area contributed by atoms with Crippen molar-refractivity contribution >= 4 is 40.8 Å². The summed E-state index contributed by atoms with van der Waals surface area (Å²) in [6.07, 6.45) is 1.57. The van der Waals surface area contributed by atoms with Gasteiger partial charge in [-0.1, -0.05) is 17.4 Å². The first-order chi connectivity index (χ1) is 21.5. The molecular weight excluding hydrogens is 619 g/mol. The molecule has 12 nitrogen and oxygen atoms in total. The van der Waals surface area contributed by atoms with Crippen molar-refractivity contribution in [2.24, 2.45) is 4.99 Å². The zero-order chi connectivity index (χ0) is 32.4. The van der Waals surface area contributed by atoms with Gasteiger partial charge in [0.25, 0.3) is 11.2 Å². The number of rotatable bonds is 9. The average Bonchev–Trinajstić information content (AvgIpc) is 3.30. The summed E-state index contributed by atoms with van der Waals surface area (Å²) in [7, 11) is 3.02. The largest absolute Gasteiger partial charge is 0.497 e. The summed E-state index contributed by atoms with van der Waals surface area (Å²) in [6.45, 7) is 7.18. The maximum Gasteiger partial charge on any atom is 0.338 e. The van der Waals surface area contributed by atoms with E-state index in [0.717, 1.165) is 34.5 Å². The van der Waals surface area contributed by atoms with Gasteiger partial charge >= 0.3 is 5.97 Å². The Hall–Kier alpha value is -4.82. The van der Waals surface area contributed by atoms with Crippen LogP contribution in [0.25, 0.3) is 6.08 Å². The van der Waals surface area contributed by atoms with E-state index in [1.54, 1.807) is 50.3 Å². The molecule has 1 aliphatic rings. The van der Waals surface area contributed by atoms with Crippen LogP contribution < -0.4 is 24.4 Å². The second-order valence-corrected chi connectivity index (χ2v) is 11.9. The van der Waals surface area contributed by atoms with Crippen LogP contribution in [0, 0.1) is 24.0 Å². The molecule has 0 fully saturated rings. The number of carbonyl (C=O) groups excluding carboxylic acids is 1. The van der Waals surface area contributed by atoms with Gasteiger partial charge in [0, 0.05) is 29.1 Å². The van der Waals surface area contributed by atoms with E-state index < -0.39 is 22.5 Å². The van der Waals surface area contributed by atoms with Crippen LogP contribution in [0.4, 0.5) is 5.69 Å². The van der Waals surface area contributed by atoms with E-state index in [2.05, 4.69) is 15.0 Å². The fourth-order valence-corrected chi connectivity index (χ4v) is 6.97. The maximum absolute atomic E-state index is 14.0. The molecule has 1 atom stereocenters. The zero-order valence-corrected chi connectivity index (χ0v) is 26.9. The number of benzene rings is 2. The molecule has 5 rings (SSSR count). The molecular formula is C31H29N5O7S2. The van der Waals surface area contributed by atoms with E-state index in [1.807, 2.05) is 19.9 Å². The molecule has 4 aromatic rings. The van der Waals surface area contributed by atoms with Crippen molar-refractivity contribution in [1.29, 1.82) is 0 Å². The topological polar surface area (TPSA) is 148 Å². The van der Waals surface area contributed by atoms with Crippen LogP contribution in [0.1, 0.15) is 42.4 Å². The number of thiazole rings is 1. The molecule has 0 saturated carbocycles. The van der Waals surface area contributed by atoms with Gasteiger partial charge in [-0.2, -0.15) is 0 Å². The first-order valence-corrected chi connectivity index (χ1v) is 15.4. The molecule has 232 valence electrons. The molecule has 0 saturated heterocycles. The molecule has 2 aromatic heterocycles. The molecule has 45 heavy (non-hydrogen) atoms. The van der Waals surface area contributed by atoms with Gasteiger partial charge in [-0.25, -0.2) is 19.8 Å². The Morgan fingerprint density at radius 2 is 1.82 bits per heavy atom. The van der Waals surface area contributed by atoms with Crippen molar-refractivity contribution < 1.29 is 23.9 Å². The normalized spacial score (nSPS) is 14.5. The van der Waals surface area contributed by atoms with E-state index in [9.17, 15) is 19.7 Å². The molecule has 0 N–H and O–H groups in total. The predicted octanol–water partition coefficient (Wildman–Crippen LogP) is 4.28. The Balaban J connectivity index is 1.65. The van der Waals surface area contributed by atoms with Gasteiger partial charge in [0.2, 0.25) is 0 Å². The summed E-state index contributed by atoms with van der Waals surface area (Å²) >= 11 is 2.21. The molecule has 0 aliphatic carbocycles. The van der Waals surface area contributed by atoms with Gasteiger partial charge in [0.05, 0.1) is 46.4 Å². The maximum atomic E-state index is 14.0. The van der Waals surface area contributed by atoms with Crippen molar-refractivity contribution in [1.82, 2.24) is 14.5 Å². The Morgan fingerprint density at radius 3 is 2.47 bits per heavy atom. The standard InChI is InChI=1S/C31H29N5O7S2/c1-7-43-29(38)26-18(4)34-31-35(27(26)21-10-9-20(41-5)15-23(21)42-6)28(37)25(45-31)14-19-8-11-24(22(13-19)36(39)40)44-30-32-16(2)12-17(3)33-30/h8-15,27H,7H2,1-6H3/b25-14+/t27-/m0/s1. The highest BCUT2D eigenvalue weighted by atomic mass is 32.2. The van der Waals surface area contributed by atoms with Crippen molar-refractivity contribution in [3.8, 4) is 11.5 Å². The van der Waals surface area contributed by atoms with Gasteiger partial charge < -0.3 is 14.2 Å². The summed E-state index contributed by atoms with van der Waals surface area (Å²) in [5, 5.41) is 12.5. The highest BCUT2D eigenvalue weighted by molar-refractivity contribution is 7.99. The second-order valence-electron chi connectivity index (χ2n) is 9.93. The van der Waals surface area contributed by atoms with Crippen molar-refractivity contribution in [3.05, 3.63) is 106 Å². The molecule has 1 aliphatic heterocycles. The number of nitrogens with zero attached hydrogens (tertiary/aromatic N) is 5. The van der Waals surface area contributed by atoms with Gasteiger partial charge in [-0.05, 0) is 75.4 Å². The van der Waals surface area contributed by atoms with Gasteiger partial charge in [0.1, 0.15) is 17.5 Å². The number of methoxy groups -OCH3 is 2. The van der Waals surface area contributed by atoms with E-state index in [-0.39, 0.29) is 22.4 Å². The first-order valence-electron chi connectivity index (χ1n) is 13.7. The number of nitro groups is 1. The third-order valence-electron chi connectivity index (χ3n) is 6.89. The third-order valence-corrected chi connectivity index (χ3v) is 8.81. The first kappa shape index (κ1) is 31.6. The summed E-state index contributed by atoms with van der Waals surface area (Å²) in [5.74, 6) is 0.336. The molecule has 0 unspecified atom stereocenters. The fourth-order valence-electron chi connectivity index (χ4n) is 4.97. The van der Waals surface area contributed by atoms with Gasteiger partial charge in [-0.3, -0.25) is 19.5 Å². The highest BCUT2D eigenvalue weighted by Crippen LogP contribution is 2.38. The van der Waals surface area contributed by atoms with E-state index in [1.165, 1.54) is 24.9 Å². The lowest BCUT2D eigenvalue weighted by atomic mass is 9.95. The van der Waals surface area contributed by atoms with Crippen LogP contribution >= 0.6 is 23.1 Å². The van der Waals surface area contributed by atoms with E-state index in [4.69, 9.17) is 14.2 Å². The quantitative estimate of drug-likeness (QED) is 0.112. The van der Waals surface area contributed by atoms with Gasteiger partial charge in [0.15, 0.2) is 9.96 Å². The summed E-state index contributed by atoms with van der Waals surface area (Å²) in [6, 6.07) is 10.7. The smallest absolute Gasteiger partial charge is 0.338 e. The monoisotopic (exact) mass is 647 g/mol. The molecule has 14 heteroatoms. The Labute approximate surface area is 265 Å². The molecule has 0 bridgehead atoms. The number of allylic oxidation sites excluding steroid dienone is 1. The number of esters is 1. The van der Waals surface area contributed by atoms with Crippen molar-refractivity contribution in [2.45, 2.75) is 43.8 Å². The van der Waals surface area contributed by atoms with E-state index >= 15 is 0 Å². The SMILES string of the molecule is CCOC(=O)C1=C(C)N=c2s/c(=C/c3ccc(Sc4nc(C)cc(C)n4)c([N+](=O)[O-])c3)c(=O)n2[C@H]1c1ccc(OC)cc1OC. The molecule has 3 heterocycles. The van der Waals surface area contributed by atoms with Crippen LogP contribution in [0.2, 0.25) is 0 Å². The van der Waals surface area contributed by atoms with Crippen molar-refractivity contribution in [3.63, 3.8) is 0 Å². The number of hydrogen-bond acceptors (Lipinski definition) is 12. The Bertz CT molecular complexity index is 2030. The van der Waals surface area contributed by atoms with Gasteiger partial charge in [-0.15, -0.1) is 0 Å². The number of aryl methyl sites for hydroxylation is 2. The summed E-state index contributed by atoms with van der Waals surface area (Å²) in [4.78, 5) is 52.9. The number of nitro benzene ring substituents is 1. The van der Waals surface area contributed by atoms with Crippen LogP contribution in [-0.2, 0) is 9.53 Å². The molecule has 0 spiro atoms. The lowest BCUT2D eigenvalue weighted by Gasteiger charge is -2.26. The lowest BCUT2D eigenvalue weighted by Crippen LogP contribution is -2.40. The molecule has 0 radical (unpaired) electrons. The predicted molar refractivity (Wildman–Crippen MR) is 169 cm³/mol. The number of hydrogen-bond donors (Lipinski definition) is 0. The number of fused-ring (bicyclic) bond motifs is 1. The minimum absolute atomic E-state index is 0.134. The third kappa shape index (κ3) is 6.37. The minimum Gasteiger partial charge on any atom is -0.497 e. The average molecular weight is 648 g/mol. The van der Waals surface area contributed by atoms with Crippen LogP contribution in [0.15, 0.2) is 73.6 Å². The number of carbonyl (C=O) groups is 1. The highest BCUT2D eigenvalue weighted by Gasteiger charge is 2.35. The van der Waals surface area contributed by atoms with Crippen molar-refractivity contribution in [2.75, 3.05) is 20.8 Å². The van der Waals surface area contributed by atoms with Crippen LogP contribution in [0.3, 0.4) is 0 Å². The molecule has 2 aromatic carbocycles. The number of aromatic nitrogens is 3. The van der Waals surface area contributed by atoms with Crippen LogP contribution in [-0.4, -0.2) is 46.3 Å². The molecule has 0 amide bonds. The minimum atomic E-state index is -0.908. The Morgan fingerprint density at radius 1 is 1.09 bits per heavy atom. The van der Waals surface area contributed by atoms with Crippen LogP contribution in [0.5, 0.6) is 11.5 Å². The number of ether oxygens (including phenoxy) is 3. The zero-order valence-electron chi connectivity index (χ0n) is 25.3. The summed E-state index contributed by atoms with van der Waals surface area (Å²) < 4.78 is 18.1. The van der Waals surface area contributed by atoms with E-state index in [0.29, 0.717) is 43.2 Å². The summed E-state index contributed by atoms with van der Waals surface area (Å²) in [5.41, 5.74) is 2.51. The second kappa shape index (κ2) is 13.0. The fraction of sp³-hybridized carbons (Fsp3) is 0.258. The Kier molecular flexibility index (Phi) is 9.16.